The number of ether oxygens (including phenoxy) is 2. The molecule has 26 heavy (non-hydrogen) atoms. The Bertz CT molecular complexity index is 729. The van der Waals surface area contributed by atoms with Gasteiger partial charge in [-0.05, 0) is 48.7 Å². The molecule has 0 aliphatic heterocycles. The lowest BCUT2D eigenvalue weighted by Gasteiger charge is -2.09. The summed E-state index contributed by atoms with van der Waals surface area (Å²) in [4.78, 5) is 23.5. The monoisotopic (exact) mass is 356 g/mol. The van der Waals surface area contributed by atoms with E-state index in [0.29, 0.717) is 25.3 Å². The van der Waals surface area contributed by atoms with Gasteiger partial charge in [0.05, 0.1) is 19.3 Å². The van der Waals surface area contributed by atoms with Gasteiger partial charge in [-0.15, -0.1) is 0 Å². The van der Waals surface area contributed by atoms with Crippen molar-refractivity contribution in [2.24, 2.45) is 0 Å². The number of carbonyl (C=O) groups is 2. The van der Waals surface area contributed by atoms with Crippen LogP contribution in [0.2, 0.25) is 0 Å². The first-order chi connectivity index (χ1) is 12.6. The Morgan fingerprint density at radius 1 is 1.00 bits per heavy atom. The summed E-state index contributed by atoms with van der Waals surface area (Å²) in [6, 6.07) is 14.5. The fraction of sp³-hybridized carbons (Fsp3) is 0.300. The summed E-state index contributed by atoms with van der Waals surface area (Å²) < 4.78 is 10.1. The van der Waals surface area contributed by atoms with Crippen LogP contribution < -0.4 is 15.4 Å². The maximum Gasteiger partial charge on any atom is 0.338 e. The first-order valence-corrected chi connectivity index (χ1v) is 8.53. The normalized spacial score (nSPS) is 10.1. The average molecular weight is 356 g/mol. The number of nitrogens with one attached hydrogen (secondary N) is 2. The maximum atomic E-state index is 11.9. The zero-order chi connectivity index (χ0) is 18.8. The molecule has 0 saturated heterocycles. The quantitative estimate of drug-likeness (QED) is 0.713. The van der Waals surface area contributed by atoms with Crippen molar-refractivity contribution < 1.29 is 19.1 Å². The predicted molar refractivity (Wildman–Crippen MR) is 99.3 cm³/mol. The van der Waals surface area contributed by atoms with E-state index in [-0.39, 0.29) is 12.0 Å². The highest BCUT2D eigenvalue weighted by Crippen LogP contribution is 2.12. The molecular weight excluding hydrogens is 332 g/mol. The molecular formula is C20H24N2O4. The number of amides is 2. The van der Waals surface area contributed by atoms with Crippen LogP contribution in [-0.2, 0) is 17.7 Å². The van der Waals surface area contributed by atoms with E-state index < -0.39 is 0 Å². The number of rotatable bonds is 8. The Morgan fingerprint density at radius 2 is 1.77 bits per heavy atom. The molecule has 138 valence electrons. The highest BCUT2D eigenvalue weighted by atomic mass is 16.5. The molecule has 2 aromatic rings. The van der Waals surface area contributed by atoms with Crippen LogP contribution in [0.15, 0.2) is 48.5 Å². The fourth-order valence-corrected chi connectivity index (χ4v) is 2.37. The minimum Gasteiger partial charge on any atom is -0.497 e. The molecule has 2 amide bonds. The van der Waals surface area contributed by atoms with E-state index in [1.807, 2.05) is 24.3 Å². The summed E-state index contributed by atoms with van der Waals surface area (Å²) in [6.07, 6.45) is 0.721. The predicted octanol–water partition coefficient (Wildman–Crippen LogP) is 2.91. The van der Waals surface area contributed by atoms with Gasteiger partial charge in [-0.1, -0.05) is 24.3 Å². The van der Waals surface area contributed by atoms with Crippen LogP contribution in [0.4, 0.5) is 4.79 Å². The van der Waals surface area contributed by atoms with Gasteiger partial charge in [0.2, 0.25) is 0 Å². The molecule has 2 N–H and O–H groups in total. The van der Waals surface area contributed by atoms with E-state index in [0.717, 1.165) is 23.3 Å². The van der Waals surface area contributed by atoms with Crippen molar-refractivity contribution in [2.45, 2.75) is 19.9 Å². The Morgan fingerprint density at radius 3 is 2.46 bits per heavy atom. The van der Waals surface area contributed by atoms with E-state index in [4.69, 9.17) is 9.47 Å². The van der Waals surface area contributed by atoms with Gasteiger partial charge in [0.25, 0.3) is 0 Å². The summed E-state index contributed by atoms with van der Waals surface area (Å²) in [5, 5.41) is 5.61. The molecule has 0 bridgehead atoms. The van der Waals surface area contributed by atoms with Crippen molar-refractivity contribution in [3.63, 3.8) is 0 Å². The van der Waals surface area contributed by atoms with E-state index in [1.165, 1.54) is 0 Å². The van der Waals surface area contributed by atoms with Crippen molar-refractivity contribution in [3.05, 3.63) is 65.2 Å². The maximum absolute atomic E-state index is 11.9. The third-order valence-corrected chi connectivity index (χ3v) is 3.75. The van der Waals surface area contributed by atoms with Gasteiger partial charge in [0, 0.05) is 13.1 Å². The lowest BCUT2D eigenvalue weighted by atomic mass is 10.1. The third-order valence-electron chi connectivity index (χ3n) is 3.75. The average Bonchev–Trinajstić information content (AvgIpc) is 2.67. The second kappa shape index (κ2) is 10.1. The van der Waals surface area contributed by atoms with E-state index in [1.54, 1.807) is 38.3 Å². The molecule has 0 spiro atoms. The van der Waals surface area contributed by atoms with Gasteiger partial charge in [-0.25, -0.2) is 9.59 Å². The Labute approximate surface area is 153 Å². The SMILES string of the molecule is CCOC(=O)c1ccc(CNC(=O)NCCc2cccc(OC)c2)cc1. The molecule has 0 aliphatic rings. The molecule has 2 aromatic carbocycles. The number of hydrogen-bond acceptors (Lipinski definition) is 4. The number of carbonyl (C=O) groups excluding carboxylic acids is 2. The lowest BCUT2D eigenvalue weighted by Crippen LogP contribution is -2.36. The minimum atomic E-state index is -0.345. The van der Waals surface area contributed by atoms with Crippen molar-refractivity contribution >= 4 is 12.0 Å². The van der Waals surface area contributed by atoms with Gasteiger partial charge in [-0.2, -0.15) is 0 Å². The number of hydrogen-bond donors (Lipinski definition) is 2. The first kappa shape index (κ1) is 19.3. The molecule has 0 saturated carbocycles. The molecule has 6 heteroatoms. The van der Waals surface area contributed by atoms with Crippen molar-refractivity contribution in [3.8, 4) is 5.75 Å². The summed E-state index contributed by atoms with van der Waals surface area (Å²) >= 11 is 0. The second-order valence-corrected chi connectivity index (χ2v) is 5.63. The van der Waals surface area contributed by atoms with Crippen LogP contribution >= 0.6 is 0 Å². The van der Waals surface area contributed by atoms with E-state index >= 15 is 0 Å². The van der Waals surface area contributed by atoms with Crippen LogP contribution in [0.3, 0.4) is 0 Å². The number of methoxy groups -OCH3 is 1. The topological polar surface area (TPSA) is 76.7 Å². The van der Waals surface area contributed by atoms with Crippen LogP contribution in [-0.4, -0.2) is 32.3 Å². The van der Waals surface area contributed by atoms with Crippen LogP contribution in [0.5, 0.6) is 5.75 Å². The largest absolute Gasteiger partial charge is 0.497 e. The molecule has 0 atom stereocenters. The molecule has 6 nitrogen and oxygen atoms in total. The molecule has 0 aromatic heterocycles. The van der Waals surface area contributed by atoms with Gasteiger partial charge in [0.15, 0.2) is 0 Å². The zero-order valence-electron chi connectivity index (χ0n) is 15.1. The van der Waals surface area contributed by atoms with Crippen molar-refractivity contribution in [1.82, 2.24) is 10.6 Å². The van der Waals surface area contributed by atoms with Crippen LogP contribution in [0.1, 0.15) is 28.4 Å². The van der Waals surface area contributed by atoms with Crippen LogP contribution in [0.25, 0.3) is 0 Å². The molecule has 0 radical (unpaired) electrons. The number of urea groups is 1. The second-order valence-electron chi connectivity index (χ2n) is 5.63. The first-order valence-electron chi connectivity index (χ1n) is 8.53. The molecule has 0 fully saturated rings. The van der Waals surface area contributed by atoms with Gasteiger partial charge < -0.3 is 20.1 Å². The van der Waals surface area contributed by atoms with Gasteiger partial charge in [0.1, 0.15) is 5.75 Å². The van der Waals surface area contributed by atoms with E-state index in [9.17, 15) is 9.59 Å². The Balaban J connectivity index is 1.72. The molecule has 0 unspecified atom stereocenters. The summed E-state index contributed by atoms with van der Waals surface area (Å²) in [6.45, 7) is 3.02. The van der Waals surface area contributed by atoms with Gasteiger partial charge >= 0.3 is 12.0 Å². The highest BCUT2D eigenvalue weighted by molar-refractivity contribution is 5.89. The zero-order valence-corrected chi connectivity index (χ0v) is 15.1. The number of benzene rings is 2. The lowest BCUT2D eigenvalue weighted by molar-refractivity contribution is 0.0526. The summed E-state index contributed by atoms with van der Waals surface area (Å²) in [5.74, 6) is 0.459. The molecule has 0 aliphatic carbocycles. The van der Waals surface area contributed by atoms with Crippen molar-refractivity contribution in [1.29, 1.82) is 0 Å². The summed E-state index contributed by atoms with van der Waals surface area (Å²) in [5.41, 5.74) is 2.50. The standard InChI is InChI=1S/C20H24N2O4/c1-3-26-19(23)17-9-7-16(8-10-17)14-22-20(24)21-12-11-15-5-4-6-18(13-15)25-2/h4-10,13H,3,11-12,14H2,1-2H3,(H2,21,22,24). The number of esters is 1. The van der Waals surface area contributed by atoms with Crippen LogP contribution in [0, 0.1) is 0 Å². The molecule has 0 heterocycles. The van der Waals surface area contributed by atoms with Gasteiger partial charge in [-0.3, -0.25) is 0 Å². The fourth-order valence-electron chi connectivity index (χ4n) is 2.37. The van der Waals surface area contributed by atoms with E-state index in [2.05, 4.69) is 10.6 Å². The Kier molecular flexibility index (Phi) is 7.49. The Hall–Kier alpha value is -3.02. The minimum absolute atomic E-state index is 0.234. The summed E-state index contributed by atoms with van der Waals surface area (Å²) in [7, 11) is 1.63. The third kappa shape index (κ3) is 6.12. The smallest absolute Gasteiger partial charge is 0.338 e. The molecule has 2 rings (SSSR count). The van der Waals surface area contributed by atoms with Crippen molar-refractivity contribution in [2.75, 3.05) is 20.3 Å². The highest BCUT2D eigenvalue weighted by Gasteiger charge is 2.06.